The molecule has 0 aliphatic carbocycles. The number of hydrogen-bond acceptors (Lipinski definition) is 3. The summed E-state index contributed by atoms with van der Waals surface area (Å²) in [7, 11) is 0. The molecular formula is C9H8BrN3. The molecule has 0 atom stereocenters. The Morgan fingerprint density at radius 3 is 3.15 bits per heavy atom. The van der Waals surface area contributed by atoms with E-state index >= 15 is 0 Å². The molecule has 1 aromatic heterocycles. The Kier molecular flexibility index (Phi) is 3.47. The maximum atomic E-state index is 8.72. The van der Waals surface area contributed by atoms with Gasteiger partial charge in [0, 0.05) is 17.2 Å². The number of anilines is 1. The second-order valence-corrected chi connectivity index (χ2v) is 3.50. The highest BCUT2D eigenvalue weighted by atomic mass is 79.9. The standard InChI is InChI=1S/C9H8BrN3/c1-7(10)6-13-9-8(5-11)3-2-4-12-9/h2-4H,1,6H2,(H,12,13). The zero-order valence-corrected chi connectivity index (χ0v) is 8.50. The van der Waals surface area contributed by atoms with E-state index in [1.54, 1.807) is 18.3 Å². The molecule has 0 aliphatic heterocycles. The van der Waals surface area contributed by atoms with Gasteiger partial charge in [-0.15, -0.1) is 0 Å². The van der Waals surface area contributed by atoms with Gasteiger partial charge in [-0.25, -0.2) is 4.98 Å². The number of aromatic nitrogens is 1. The van der Waals surface area contributed by atoms with Crippen molar-refractivity contribution in [3.63, 3.8) is 0 Å². The van der Waals surface area contributed by atoms with E-state index in [1.807, 2.05) is 6.07 Å². The van der Waals surface area contributed by atoms with Gasteiger partial charge in [0.2, 0.25) is 0 Å². The zero-order valence-electron chi connectivity index (χ0n) is 6.92. The third-order valence-electron chi connectivity index (χ3n) is 1.38. The minimum absolute atomic E-state index is 0.538. The van der Waals surface area contributed by atoms with Gasteiger partial charge in [0.15, 0.2) is 0 Å². The summed E-state index contributed by atoms with van der Waals surface area (Å²) in [5.74, 6) is 0.589. The third-order valence-corrected chi connectivity index (χ3v) is 1.66. The van der Waals surface area contributed by atoms with Crippen LogP contribution in [0.15, 0.2) is 29.4 Å². The Labute approximate surface area is 85.2 Å². The average Bonchev–Trinajstić information content (AvgIpc) is 2.15. The van der Waals surface area contributed by atoms with Gasteiger partial charge in [-0.3, -0.25) is 0 Å². The SMILES string of the molecule is C=C(Br)CNc1ncccc1C#N. The van der Waals surface area contributed by atoms with Gasteiger partial charge in [-0.2, -0.15) is 5.26 Å². The fourth-order valence-corrected chi connectivity index (χ4v) is 0.956. The molecule has 0 radical (unpaired) electrons. The van der Waals surface area contributed by atoms with Crippen LogP contribution in [0.4, 0.5) is 5.82 Å². The molecule has 1 rings (SSSR count). The van der Waals surface area contributed by atoms with Crippen LogP contribution in [0.5, 0.6) is 0 Å². The third kappa shape index (κ3) is 2.88. The van der Waals surface area contributed by atoms with Crippen molar-refractivity contribution < 1.29 is 0 Å². The lowest BCUT2D eigenvalue weighted by atomic mass is 10.3. The number of nitrogens with zero attached hydrogens (tertiary/aromatic N) is 2. The Hall–Kier alpha value is -1.34. The van der Waals surface area contributed by atoms with Crippen LogP contribution in [0.1, 0.15) is 5.56 Å². The second-order valence-electron chi connectivity index (χ2n) is 2.38. The molecular weight excluding hydrogens is 230 g/mol. The van der Waals surface area contributed by atoms with E-state index in [1.165, 1.54) is 0 Å². The molecule has 13 heavy (non-hydrogen) atoms. The van der Waals surface area contributed by atoms with Gasteiger partial charge in [0.25, 0.3) is 0 Å². The lowest BCUT2D eigenvalue weighted by molar-refractivity contribution is 1.21. The Morgan fingerprint density at radius 2 is 2.54 bits per heavy atom. The molecule has 4 heteroatoms. The molecule has 0 fully saturated rings. The van der Waals surface area contributed by atoms with Crippen LogP contribution in [-0.4, -0.2) is 11.5 Å². The molecule has 3 nitrogen and oxygen atoms in total. The van der Waals surface area contributed by atoms with Crippen LogP contribution in [0.3, 0.4) is 0 Å². The van der Waals surface area contributed by atoms with E-state index in [2.05, 4.69) is 32.8 Å². The van der Waals surface area contributed by atoms with Crippen LogP contribution in [0, 0.1) is 11.3 Å². The molecule has 66 valence electrons. The summed E-state index contributed by atoms with van der Waals surface area (Å²) in [6, 6.07) is 5.49. The maximum absolute atomic E-state index is 8.72. The summed E-state index contributed by atoms with van der Waals surface area (Å²) in [6.07, 6.45) is 1.64. The first-order valence-corrected chi connectivity index (χ1v) is 4.45. The molecule has 0 amide bonds. The Morgan fingerprint density at radius 1 is 1.77 bits per heavy atom. The zero-order chi connectivity index (χ0) is 9.68. The molecule has 0 saturated carbocycles. The van der Waals surface area contributed by atoms with Crippen molar-refractivity contribution in [3.05, 3.63) is 35.0 Å². The summed E-state index contributed by atoms with van der Waals surface area (Å²) in [6.45, 7) is 4.23. The predicted octanol–water partition coefficient (Wildman–Crippen LogP) is 2.27. The molecule has 0 aliphatic rings. The first-order chi connectivity index (χ1) is 6.24. The van der Waals surface area contributed by atoms with E-state index in [9.17, 15) is 0 Å². The monoisotopic (exact) mass is 237 g/mol. The molecule has 1 aromatic rings. The van der Waals surface area contributed by atoms with Gasteiger partial charge in [0.05, 0.1) is 5.56 Å². The molecule has 0 bridgehead atoms. The maximum Gasteiger partial charge on any atom is 0.144 e. The van der Waals surface area contributed by atoms with Crippen molar-refractivity contribution >= 4 is 21.7 Å². The van der Waals surface area contributed by atoms with Gasteiger partial charge in [0.1, 0.15) is 11.9 Å². The normalized spacial score (nSPS) is 8.92. The lowest BCUT2D eigenvalue weighted by Gasteiger charge is -2.04. The topological polar surface area (TPSA) is 48.7 Å². The van der Waals surface area contributed by atoms with Crippen molar-refractivity contribution in [1.29, 1.82) is 5.26 Å². The van der Waals surface area contributed by atoms with E-state index < -0.39 is 0 Å². The minimum Gasteiger partial charge on any atom is -0.364 e. The molecule has 1 N–H and O–H groups in total. The summed E-state index contributed by atoms with van der Waals surface area (Å²) < 4.78 is 0.821. The molecule has 1 heterocycles. The minimum atomic E-state index is 0.538. The molecule has 0 unspecified atom stereocenters. The van der Waals surface area contributed by atoms with E-state index in [0.29, 0.717) is 17.9 Å². The summed E-state index contributed by atoms with van der Waals surface area (Å²) in [5, 5.41) is 11.7. The number of hydrogen-bond donors (Lipinski definition) is 1. The number of nitriles is 1. The van der Waals surface area contributed by atoms with Crippen molar-refractivity contribution in [2.45, 2.75) is 0 Å². The smallest absolute Gasteiger partial charge is 0.144 e. The predicted molar refractivity (Wildman–Crippen MR) is 55.5 cm³/mol. The number of rotatable bonds is 3. The van der Waals surface area contributed by atoms with Crippen molar-refractivity contribution in [2.75, 3.05) is 11.9 Å². The molecule has 0 saturated heterocycles. The van der Waals surface area contributed by atoms with Gasteiger partial charge in [-0.1, -0.05) is 22.5 Å². The quantitative estimate of drug-likeness (QED) is 0.878. The number of pyridine rings is 1. The van der Waals surface area contributed by atoms with Gasteiger partial charge < -0.3 is 5.32 Å². The highest BCUT2D eigenvalue weighted by molar-refractivity contribution is 9.11. The Bertz CT molecular complexity index is 354. The molecule has 0 spiro atoms. The van der Waals surface area contributed by atoms with Crippen LogP contribution >= 0.6 is 15.9 Å². The first kappa shape index (κ1) is 9.75. The van der Waals surface area contributed by atoms with E-state index in [-0.39, 0.29) is 0 Å². The van der Waals surface area contributed by atoms with E-state index in [0.717, 1.165) is 4.48 Å². The highest BCUT2D eigenvalue weighted by Gasteiger charge is 2.00. The first-order valence-electron chi connectivity index (χ1n) is 3.66. The van der Waals surface area contributed by atoms with Gasteiger partial charge in [-0.05, 0) is 12.1 Å². The highest BCUT2D eigenvalue weighted by Crippen LogP contribution is 2.10. The van der Waals surface area contributed by atoms with Gasteiger partial charge >= 0.3 is 0 Å². The fourth-order valence-electron chi connectivity index (χ4n) is 0.816. The molecule has 0 aromatic carbocycles. The largest absolute Gasteiger partial charge is 0.364 e. The fraction of sp³-hybridized carbons (Fsp3) is 0.111. The van der Waals surface area contributed by atoms with Crippen molar-refractivity contribution in [3.8, 4) is 6.07 Å². The van der Waals surface area contributed by atoms with Crippen LogP contribution in [0.2, 0.25) is 0 Å². The van der Waals surface area contributed by atoms with E-state index in [4.69, 9.17) is 5.26 Å². The van der Waals surface area contributed by atoms with Crippen LogP contribution < -0.4 is 5.32 Å². The van der Waals surface area contributed by atoms with Crippen molar-refractivity contribution in [2.24, 2.45) is 0 Å². The summed E-state index contributed by atoms with van der Waals surface area (Å²) >= 11 is 3.21. The summed E-state index contributed by atoms with van der Waals surface area (Å²) in [5.41, 5.74) is 0.538. The van der Waals surface area contributed by atoms with Crippen LogP contribution in [-0.2, 0) is 0 Å². The lowest BCUT2D eigenvalue weighted by Crippen LogP contribution is -2.04. The van der Waals surface area contributed by atoms with Crippen LogP contribution in [0.25, 0.3) is 0 Å². The number of halogens is 1. The Balaban J connectivity index is 2.77. The second kappa shape index (κ2) is 4.63. The summed E-state index contributed by atoms with van der Waals surface area (Å²) in [4.78, 5) is 4.03. The average molecular weight is 238 g/mol. The van der Waals surface area contributed by atoms with Crippen molar-refractivity contribution in [1.82, 2.24) is 4.98 Å². The number of nitrogens with one attached hydrogen (secondary N) is 1.